The maximum Gasteiger partial charge on any atom is 0.120 e. The molecule has 0 spiro atoms. The fourth-order valence-electron chi connectivity index (χ4n) is 1.80. The molecule has 0 aromatic heterocycles. The van der Waals surface area contributed by atoms with Crippen molar-refractivity contribution in [3.63, 3.8) is 0 Å². The molecule has 0 fully saturated rings. The standard InChI is InChI=1S/C17H18O/c1-4-13(2)12-18-14(3)16-10-9-15-7-5-6-8-17(15)11-16/h4-12,14H,1H2,2-3H3/b13-12+. The maximum atomic E-state index is 5.70. The third kappa shape index (κ3) is 2.80. The van der Waals surface area contributed by atoms with E-state index in [1.165, 1.54) is 16.3 Å². The highest BCUT2D eigenvalue weighted by atomic mass is 16.5. The highest BCUT2D eigenvalue weighted by molar-refractivity contribution is 5.83. The van der Waals surface area contributed by atoms with E-state index in [4.69, 9.17) is 4.74 Å². The molecular weight excluding hydrogens is 220 g/mol. The van der Waals surface area contributed by atoms with Crippen LogP contribution >= 0.6 is 0 Å². The lowest BCUT2D eigenvalue weighted by molar-refractivity contribution is 0.163. The van der Waals surface area contributed by atoms with Crippen molar-refractivity contribution in [3.05, 3.63) is 72.5 Å². The van der Waals surface area contributed by atoms with Gasteiger partial charge in [0.05, 0.1) is 6.26 Å². The Bertz CT molecular complexity index is 581. The molecule has 1 nitrogen and oxygen atoms in total. The van der Waals surface area contributed by atoms with Crippen LogP contribution in [0.15, 0.2) is 67.0 Å². The maximum absolute atomic E-state index is 5.70. The van der Waals surface area contributed by atoms with Crippen LogP contribution in [-0.4, -0.2) is 0 Å². The molecular formula is C17H18O. The summed E-state index contributed by atoms with van der Waals surface area (Å²) < 4.78 is 5.70. The van der Waals surface area contributed by atoms with Gasteiger partial charge in [0.25, 0.3) is 0 Å². The van der Waals surface area contributed by atoms with Crippen LogP contribution in [0.4, 0.5) is 0 Å². The molecule has 0 aliphatic rings. The van der Waals surface area contributed by atoms with Crippen LogP contribution in [0.25, 0.3) is 10.8 Å². The van der Waals surface area contributed by atoms with Crippen LogP contribution in [0.2, 0.25) is 0 Å². The van der Waals surface area contributed by atoms with Gasteiger partial charge in [-0.3, -0.25) is 0 Å². The normalized spacial score (nSPS) is 13.3. The van der Waals surface area contributed by atoms with E-state index in [1.807, 2.05) is 6.92 Å². The molecule has 0 amide bonds. The number of hydrogen-bond donors (Lipinski definition) is 0. The van der Waals surface area contributed by atoms with Gasteiger partial charge in [-0.1, -0.05) is 49.1 Å². The molecule has 0 saturated carbocycles. The van der Waals surface area contributed by atoms with Gasteiger partial charge in [-0.05, 0) is 41.8 Å². The Balaban J connectivity index is 2.22. The van der Waals surface area contributed by atoms with E-state index in [1.54, 1.807) is 12.3 Å². The molecule has 1 heteroatoms. The first kappa shape index (κ1) is 12.4. The average molecular weight is 238 g/mol. The summed E-state index contributed by atoms with van der Waals surface area (Å²) in [4.78, 5) is 0. The van der Waals surface area contributed by atoms with Crippen LogP contribution in [0.3, 0.4) is 0 Å². The van der Waals surface area contributed by atoms with E-state index in [-0.39, 0.29) is 6.10 Å². The lowest BCUT2D eigenvalue weighted by Crippen LogP contribution is -1.95. The van der Waals surface area contributed by atoms with Crippen molar-refractivity contribution < 1.29 is 4.74 Å². The molecule has 2 aromatic rings. The second-order valence-corrected chi connectivity index (χ2v) is 4.45. The highest BCUT2D eigenvalue weighted by Crippen LogP contribution is 2.22. The zero-order valence-electron chi connectivity index (χ0n) is 10.9. The minimum absolute atomic E-state index is 0.0458. The van der Waals surface area contributed by atoms with Crippen molar-refractivity contribution in [1.29, 1.82) is 0 Å². The van der Waals surface area contributed by atoms with Gasteiger partial charge in [0.2, 0.25) is 0 Å². The summed E-state index contributed by atoms with van der Waals surface area (Å²) in [5, 5.41) is 2.50. The van der Waals surface area contributed by atoms with E-state index in [9.17, 15) is 0 Å². The van der Waals surface area contributed by atoms with Gasteiger partial charge >= 0.3 is 0 Å². The van der Waals surface area contributed by atoms with Gasteiger partial charge in [0.1, 0.15) is 6.10 Å². The van der Waals surface area contributed by atoms with Crippen molar-refractivity contribution in [2.45, 2.75) is 20.0 Å². The van der Waals surface area contributed by atoms with E-state index in [2.05, 4.69) is 56.0 Å². The molecule has 0 aliphatic carbocycles. The smallest absolute Gasteiger partial charge is 0.120 e. The fraction of sp³-hybridized carbons (Fsp3) is 0.176. The molecule has 92 valence electrons. The molecule has 0 aliphatic heterocycles. The summed E-state index contributed by atoms with van der Waals surface area (Å²) in [6.45, 7) is 7.73. The third-order valence-electron chi connectivity index (χ3n) is 3.02. The highest BCUT2D eigenvalue weighted by Gasteiger charge is 2.05. The Morgan fingerprint density at radius 2 is 1.89 bits per heavy atom. The molecule has 2 aromatic carbocycles. The van der Waals surface area contributed by atoms with Gasteiger partial charge in [-0.2, -0.15) is 0 Å². The summed E-state index contributed by atoms with van der Waals surface area (Å²) in [6.07, 6.45) is 3.59. The number of benzene rings is 2. The Kier molecular flexibility index (Phi) is 3.83. The first-order valence-corrected chi connectivity index (χ1v) is 6.14. The van der Waals surface area contributed by atoms with E-state index < -0.39 is 0 Å². The number of allylic oxidation sites excluding steroid dienone is 2. The molecule has 1 atom stereocenters. The van der Waals surface area contributed by atoms with Crippen LogP contribution in [-0.2, 0) is 4.74 Å². The molecule has 0 bridgehead atoms. The Morgan fingerprint density at radius 1 is 1.17 bits per heavy atom. The molecule has 1 unspecified atom stereocenters. The SMILES string of the molecule is C=C/C(C)=C/OC(C)c1ccc2ccccc2c1. The Morgan fingerprint density at radius 3 is 2.61 bits per heavy atom. The van der Waals surface area contributed by atoms with E-state index in [0.29, 0.717) is 0 Å². The van der Waals surface area contributed by atoms with Gasteiger partial charge in [0.15, 0.2) is 0 Å². The van der Waals surface area contributed by atoms with Crippen molar-refractivity contribution in [2.75, 3.05) is 0 Å². The quantitative estimate of drug-likeness (QED) is 0.537. The number of ether oxygens (including phenoxy) is 1. The van der Waals surface area contributed by atoms with Crippen LogP contribution in [0.5, 0.6) is 0 Å². The average Bonchev–Trinajstić information content (AvgIpc) is 2.43. The number of hydrogen-bond acceptors (Lipinski definition) is 1. The molecule has 2 rings (SSSR count). The fourth-order valence-corrected chi connectivity index (χ4v) is 1.80. The monoisotopic (exact) mass is 238 g/mol. The topological polar surface area (TPSA) is 9.23 Å². The summed E-state index contributed by atoms with van der Waals surface area (Å²) in [5.41, 5.74) is 2.21. The minimum Gasteiger partial charge on any atom is -0.493 e. The predicted molar refractivity (Wildman–Crippen MR) is 77.4 cm³/mol. The van der Waals surface area contributed by atoms with E-state index >= 15 is 0 Å². The number of fused-ring (bicyclic) bond motifs is 1. The van der Waals surface area contributed by atoms with Crippen LogP contribution in [0.1, 0.15) is 25.5 Å². The van der Waals surface area contributed by atoms with Crippen molar-refractivity contribution in [3.8, 4) is 0 Å². The van der Waals surface area contributed by atoms with Crippen molar-refractivity contribution in [1.82, 2.24) is 0 Å². The zero-order valence-corrected chi connectivity index (χ0v) is 10.9. The predicted octanol–water partition coefficient (Wildman–Crippen LogP) is 5.01. The van der Waals surface area contributed by atoms with Crippen molar-refractivity contribution in [2.24, 2.45) is 0 Å². The van der Waals surface area contributed by atoms with Crippen LogP contribution < -0.4 is 0 Å². The summed E-state index contributed by atoms with van der Waals surface area (Å²) >= 11 is 0. The lowest BCUT2D eigenvalue weighted by atomic mass is 10.0. The zero-order chi connectivity index (χ0) is 13.0. The Labute approximate surface area is 108 Å². The summed E-state index contributed by atoms with van der Waals surface area (Å²) in [5.74, 6) is 0. The van der Waals surface area contributed by atoms with Gasteiger partial charge < -0.3 is 4.74 Å². The van der Waals surface area contributed by atoms with Crippen molar-refractivity contribution >= 4 is 10.8 Å². The summed E-state index contributed by atoms with van der Waals surface area (Å²) in [7, 11) is 0. The van der Waals surface area contributed by atoms with Gasteiger partial charge in [0, 0.05) is 0 Å². The molecule has 0 saturated heterocycles. The molecule has 18 heavy (non-hydrogen) atoms. The van der Waals surface area contributed by atoms with Gasteiger partial charge in [-0.25, -0.2) is 0 Å². The first-order valence-electron chi connectivity index (χ1n) is 6.14. The second kappa shape index (κ2) is 5.54. The summed E-state index contributed by atoms with van der Waals surface area (Å²) in [6, 6.07) is 14.8. The largest absolute Gasteiger partial charge is 0.493 e. The molecule has 0 N–H and O–H groups in total. The second-order valence-electron chi connectivity index (χ2n) is 4.45. The molecule has 0 radical (unpaired) electrons. The van der Waals surface area contributed by atoms with E-state index in [0.717, 1.165) is 5.57 Å². The van der Waals surface area contributed by atoms with Gasteiger partial charge in [-0.15, -0.1) is 0 Å². The lowest BCUT2D eigenvalue weighted by Gasteiger charge is -2.13. The third-order valence-corrected chi connectivity index (χ3v) is 3.02. The number of rotatable bonds is 4. The molecule has 0 heterocycles. The minimum atomic E-state index is 0.0458. The Hall–Kier alpha value is -2.02. The van der Waals surface area contributed by atoms with Crippen LogP contribution in [0, 0.1) is 0 Å². The first-order chi connectivity index (χ1) is 8.70.